The van der Waals surface area contributed by atoms with Gasteiger partial charge in [-0.3, -0.25) is 14.6 Å². The second-order valence-electron chi connectivity index (χ2n) is 8.70. The van der Waals surface area contributed by atoms with E-state index < -0.39 is 0 Å². The van der Waals surface area contributed by atoms with Gasteiger partial charge >= 0.3 is 0 Å². The number of nitrogens with zero attached hydrogens (tertiary/aromatic N) is 5. The predicted octanol–water partition coefficient (Wildman–Crippen LogP) is 2.31. The molecule has 1 aromatic carbocycles. The smallest absolute Gasteiger partial charge is 0.255 e. The van der Waals surface area contributed by atoms with Crippen LogP contribution in [0.25, 0.3) is 5.69 Å². The summed E-state index contributed by atoms with van der Waals surface area (Å²) >= 11 is 0. The van der Waals surface area contributed by atoms with Crippen LogP contribution >= 0.6 is 0 Å². The Labute approximate surface area is 199 Å². The lowest BCUT2D eigenvalue weighted by Crippen LogP contribution is -2.38. The van der Waals surface area contributed by atoms with E-state index in [0.717, 1.165) is 22.6 Å². The first-order valence-corrected chi connectivity index (χ1v) is 11.6. The van der Waals surface area contributed by atoms with E-state index in [2.05, 4.69) is 15.1 Å². The number of nitrogens with one attached hydrogen (secondary N) is 1. The number of morpholine rings is 1. The number of aryl methyl sites for hydroxylation is 2. The zero-order valence-electron chi connectivity index (χ0n) is 20.3. The van der Waals surface area contributed by atoms with Crippen molar-refractivity contribution >= 4 is 11.9 Å². The summed E-state index contributed by atoms with van der Waals surface area (Å²) < 4.78 is 7.28. The van der Waals surface area contributed by atoms with Crippen molar-refractivity contribution in [2.45, 2.75) is 40.2 Å². The summed E-state index contributed by atoms with van der Waals surface area (Å²) in [5.41, 5.74) is 4.98. The minimum Gasteiger partial charge on any atom is -0.378 e. The van der Waals surface area contributed by atoms with Gasteiger partial charge in [0.15, 0.2) is 0 Å². The third kappa shape index (κ3) is 5.04. The highest BCUT2D eigenvalue weighted by atomic mass is 16.5. The van der Waals surface area contributed by atoms with Crippen molar-refractivity contribution in [2.75, 3.05) is 38.3 Å². The number of amides is 1. The molecule has 1 N–H and O–H groups in total. The van der Waals surface area contributed by atoms with Gasteiger partial charge < -0.3 is 14.5 Å². The third-order valence-corrected chi connectivity index (χ3v) is 6.37. The van der Waals surface area contributed by atoms with Crippen LogP contribution in [-0.4, -0.2) is 63.9 Å². The maximum Gasteiger partial charge on any atom is 0.255 e. The lowest BCUT2D eigenvalue weighted by molar-refractivity contribution is -0.130. The van der Waals surface area contributed by atoms with Crippen molar-refractivity contribution in [1.29, 1.82) is 0 Å². The van der Waals surface area contributed by atoms with Gasteiger partial charge in [-0.1, -0.05) is 18.2 Å². The molecule has 0 unspecified atom stereocenters. The van der Waals surface area contributed by atoms with Crippen LogP contribution in [-0.2, 0) is 22.5 Å². The molecule has 1 fully saturated rings. The number of anilines is 1. The highest BCUT2D eigenvalue weighted by Crippen LogP contribution is 2.20. The van der Waals surface area contributed by atoms with Gasteiger partial charge in [-0.25, -0.2) is 9.67 Å². The molecule has 1 aliphatic heterocycles. The topological polar surface area (TPSA) is 96.3 Å². The first-order valence-electron chi connectivity index (χ1n) is 11.6. The Bertz CT molecular complexity index is 1210. The fourth-order valence-electron chi connectivity index (χ4n) is 4.29. The van der Waals surface area contributed by atoms with E-state index in [-0.39, 0.29) is 17.9 Å². The molecule has 3 heterocycles. The summed E-state index contributed by atoms with van der Waals surface area (Å²) in [6.07, 6.45) is 0.589. The summed E-state index contributed by atoms with van der Waals surface area (Å²) in [6.45, 7) is 8.91. The van der Waals surface area contributed by atoms with E-state index in [1.165, 1.54) is 0 Å². The lowest BCUT2D eigenvalue weighted by atomic mass is 10.1. The second-order valence-corrected chi connectivity index (χ2v) is 8.70. The number of para-hydroxylation sites is 1. The first kappa shape index (κ1) is 23.7. The third-order valence-electron chi connectivity index (χ3n) is 6.37. The molecule has 34 heavy (non-hydrogen) atoms. The summed E-state index contributed by atoms with van der Waals surface area (Å²) in [7, 11) is 1.79. The normalized spacial score (nSPS) is 13.8. The molecule has 1 aliphatic rings. The van der Waals surface area contributed by atoms with E-state index in [9.17, 15) is 9.59 Å². The number of carbonyl (C=O) groups excluding carboxylic acids is 1. The maximum atomic E-state index is 12.9. The molecule has 180 valence electrons. The molecule has 3 aromatic rings. The van der Waals surface area contributed by atoms with Crippen LogP contribution in [0.15, 0.2) is 35.1 Å². The Morgan fingerprint density at radius 1 is 1.09 bits per heavy atom. The largest absolute Gasteiger partial charge is 0.378 e. The molecule has 4 rings (SSSR count). The van der Waals surface area contributed by atoms with Crippen LogP contribution < -0.4 is 10.5 Å². The highest BCUT2D eigenvalue weighted by molar-refractivity contribution is 5.76. The Morgan fingerprint density at radius 2 is 1.79 bits per heavy atom. The van der Waals surface area contributed by atoms with Gasteiger partial charge in [-0.15, -0.1) is 0 Å². The van der Waals surface area contributed by atoms with Crippen LogP contribution in [0.4, 0.5) is 5.95 Å². The quantitative estimate of drug-likeness (QED) is 0.577. The number of hydrogen-bond donors (Lipinski definition) is 1. The van der Waals surface area contributed by atoms with Crippen molar-refractivity contribution in [1.82, 2.24) is 24.6 Å². The molecule has 0 atom stereocenters. The summed E-state index contributed by atoms with van der Waals surface area (Å²) in [5, 5.41) is 4.67. The van der Waals surface area contributed by atoms with E-state index in [4.69, 9.17) is 4.74 Å². The number of carbonyl (C=O) groups is 1. The van der Waals surface area contributed by atoms with E-state index in [1.807, 2.05) is 60.7 Å². The van der Waals surface area contributed by atoms with Gasteiger partial charge in [0.25, 0.3) is 5.56 Å². The van der Waals surface area contributed by atoms with Gasteiger partial charge in [0.1, 0.15) is 0 Å². The van der Waals surface area contributed by atoms with Crippen molar-refractivity contribution in [3.05, 3.63) is 68.9 Å². The molecule has 0 aliphatic carbocycles. The first-order chi connectivity index (χ1) is 16.3. The number of H-pyrrole nitrogens is 1. The van der Waals surface area contributed by atoms with Gasteiger partial charge in [0.05, 0.1) is 24.6 Å². The number of benzene rings is 1. The number of ether oxygens (including phenoxy) is 1. The van der Waals surface area contributed by atoms with Gasteiger partial charge in [-0.05, 0) is 39.3 Å². The summed E-state index contributed by atoms with van der Waals surface area (Å²) in [6, 6.07) is 9.95. The average Bonchev–Trinajstić information content (AvgIpc) is 3.12. The van der Waals surface area contributed by atoms with Gasteiger partial charge in [0, 0.05) is 55.6 Å². The molecule has 0 radical (unpaired) electrons. The van der Waals surface area contributed by atoms with E-state index in [1.54, 1.807) is 11.9 Å². The van der Waals surface area contributed by atoms with Crippen LogP contribution in [0, 0.1) is 20.8 Å². The Morgan fingerprint density at radius 3 is 2.47 bits per heavy atom. The summed E-state index contributed by atoms with van der Waals surface area (Å²) in [5.74, 6) is 0.543. The second kappa shape index (κ2) is 10.2. The average molecular weight is 465 g/mol. The zero-order chi connectivity index (χ0) is 24.2. The monoisotopic (exact) mass is 464 g/mol. The Balaban J connectivity index is 1.41. The predicted molar refractivity (Wildman–Crippen MR) is 130 cm³/mol. The van der Waals surface area contributed by atoms with Crippen molar-refractivity contribution in [3.63, 3.8) is 0 Å². The number of aromatic nitrogens is 4. The van der Waals surface area contributed by atoms with Crippen molar-refractivity contribution in [2.24, 2.45) is 0 Å². The standard InChI is InChI=1S/C25H32N6O3/c1-17-21(24(33)27-25(26-17)30-12-14-34-15-13-30)10-11-23(32)29(4)16-22-18(2)28-31(19(22)3)20-8-6-5-7-9-20/h5-9H,10-16H2,1-4H3,(H,26,27,33). The highest BCUT2D eigenvalue weighted by Gasteiger charge is 2.20. The number of hydrogen-bond acceptors (Lipinski definition) is 6. The van der Waals surface area contributed by atoms with Crippen LogP contribution in [0.2, 0.25) is 0 Å². The molecule has 9 heteroatoms. The van der Waals surface area contributed by atoms with E-state index >= 15 is 0 Å². The molecule has 0 spiro atoms. The maximum absolute atomic E-state index is 12.9. The molecule has 9 nitrogen and oxygen atoms in total. The zero-order valence-corrected chi connectivity index (χ0v) is 20.3. The van der Waals surface area contributed by atoms with Gasteiger partial charge in [-0.2, -0.15) is 5.10 Å². The minimum atomic E-state index is -0.180. The van der Waals surface area contributed by atoms with Gasteiger partial charge in [0.2, 0.25) is 11.9 Å². The SMILES string of the molecule is Cc1nn(-c2ccccc2)c(C)c1CN(C)C(=O)CCc1c(C)nc(N2CCOCC2)[nH]c1=O. The van der Waals surface area contributed by atoms with Crippen molar-refractivity contribution < 1.29 is 9.53 Å². The van der Waals surface area contributed by atoms with Crippen molar-refractivity contribution in [3.8, 4) is 5.69 Å². The number of aromatic amines is 1. The van der Waals surface area contributed by atoms with E-state index in [0.29, 0.717) is 56.5 Å². The summed E-state index contributed by atoms with van der Waals surface area (Å²) in [4.78, 5) is 36.8. The molecule has 2 aromatic heterocycles. The molecule has 1 saturated heterocycles. The minimum absolute atomic E-state index is 0.0256. The Hall–Kier alpha value is -3.46. The fourth-order valence-corrected chi connectivity index (χ4v) is 4.29. The fraction of sp³-hybridized carbons (Fsp3) is 0.440. The van der Waals surface area contributed by atoms with Crippen LogP contribution in [0.1, 0.15) is 34.6 Å². The molecular formula is C25H32N6O3. The molecule has 0 saturated carbocycles. The number of rotatable bonds is 7. The lowest BCUT2D eigenvalue weighted by Gasteiger charge is -2.27. The molecular weight excluding hydrogens is 432 g/mol. The Kier molecular flexibility index (Phi) is 7.12. The van der Waals surface area contributed by atoms with Crippen LogP contribution in [0.3, 0.4) is 0 Å². The molecule has 0 bridgehead atoms. The van der Waals surface area contributed by atoms with Crippen LogP contribution in [0.5, 0.6) is 0 Å². The molecule has 1 amide bonds.